The number of para-hydroxylation sites is 3. The van der Waals surface area contributed by atoms with Crippen molar-refractivity contribution in [3.05, 3.63) is 197 Å². The Bertz CT molecular complexity index is 3100. The summed E-state index contributed by atoms with van der Waals surface area (Å²) in [6.45, 7) is 0. The van der Waals surface area contributed by atoms with Crippen molar-refractivity contribution in [3.63, 3.8) is 0 Å². The largest absolute Gasteiger partial charge is 0.340 e. The second-order valence-electron chi connectivity index (χ2n) is 12.9. The van der Waals surface area contributed by atoms with Crippen molar-refractivity contribution in [3.8, 4) is 33.6 Å². The van der Waals surface area contributed by atoms with Crippen molar-refractivity contribution >= 4 is 49.0 Å². The number of hydrogen-bond donors (Lipinski definition) is 0. The highest BCUT2D eigenvalue weighted by atomic mass is 16.2. The zero-order valence-corrected chi connectivity index (χ0v) is 27.4. The summed E-state index contributed by atoms with van der Waals surface area (Å²) in [5.41, 5.74) is 8.65. The highest BCUT2D eigenvalue weighted by molar-refractivity contribution is 6.12. The minimum absolute atomic E-state index is 0.329. The van der Waals surface area contributed by atoms with Gasteiger partial charge in [0.2, 0.25) is 0 Å². The number of rotatable bonds is 4. The molecule has 0 fully saturated rings. The van der Waals surface area contributed by atoms with Gasteiger partial charge in [-0.3, -0.25) is 9.36 Å². The Morgan fingerprint density at radius 2 is 0.882 bits per heavy atom. The fraction of sp³-hybridized carbons (Fsp3) is 0. The number of nitrogens with zero attached hydrogens (tertiary/aromatic N) is 3. The normalized spacial score (nSPS) is 11.7. The standard InChI is InChI=1S/C46H29N3O2/c50-45-37-19-8-7-18-36(37)43(31-13-3-1-4-14-31)44-38-20-10-12-22-41(38)48(46(51)49(44)45)34-26-23-30(24-27-34)32-25-28-42-39(29-32)35-17-9-11-21-40(35)47(42)33-15-5-2-6-16-33/h1-29H. The predicted octanol–water partition coefficient (Wildman–Crippen LogP) is 10.2. The highest BCUT2D eigenvalue weighted by Crippen LogP contribution is 2.37. The summed E-state index contributed by atoms with van der Waals surface area (Å²) < 4.78 is 5.33. The molecule has 7 aromatic carbocycles. The van der Waals surface area contributed by atoms with Crippen LogP contribution in [0.1, 0.15) is 0 Å². The van der Waals surface area contributed by atoms with Gasteiger partial charge in [0.15, 0.2) is 0 Å². The second-order valence-corrected chi connectivity index (χ2v) is 12.9. The molecule has 0 amide bonds. The SMILES string of the molecule is O=c1c2ccccc2c(-c2ccccc2)c2c3ccccc3n(-c3ccc(-c4ccc5c(c4)c4ccccc4n5-c4ccccc4)cc3)c(=O)n12. The maximum atomic E-state index is 14.7. The van der Waals surface area contributed by atoms with Crippen molar-refractivity contribution < 1.29 is 0 Å². The average Bonchev–Trinajstić information content (AvgIpc) is 3.53. The predicted molar refractivity (Wildman–Crippen MR) is 209 cm³/mol. The number of fused-ring (bicyclic) bond motifs is 7. The Morgan fingerprint density at radius 3 is 1.61 bits per heavy atom. The van der Waals surface area contributed by atoms with Gasteiger partial charge < -0.3 is 4.57 Å². The van der Waals surface area contributed by atoms with Crippen LogP contribution in [0.3, 0.4) is 0 Å². The van der Waals surface area contributed by atoms with E-state index in [0.717, 1.165) is 55.3 Å². The summed E-state index contributed by atoms with van der Waals surface area (Å²) in [6, 6.07) is 59.0. The molecule has 0 N–H and O–H groups in total. The van der Waals surface area contributed by atoms with Crippen molar-refractivity contribution in [1.29, 1.82) is 0 Å². The van der Waals surface area contributed by atoms with Crippen LogP contribution in [0.25, 0.3) is 82.6 Å². The van der Waals surface area contributed by atoms with Crippen LogP contribution >= 0.6 is 0 Å². The molecule has 0 aliphatic carbocycles. The third-order valence-electron chi connectivity index (χ3n) is 10.1. The van der Waals surface area contributed by atoms with Crippen LogP contribution in [0.15, 0.2) is 186 Å². The molecule has 10 aromatic rings. The molecule has 3 heterocycles. The number of pyridine rings is 1. The maximum absolute atomic E-state index is 14.7. The molecule has 0 saturated carbocycles. The molecule has 0 atom stereocenters. The van der Waals surface area contributed by atoms with E-state index < -0.39 is 5.69 Å². The van der Waals surface area contributed by atoms with Crippen LogP contribution in [0.4, 0.5) is 0 Å². The van der Waals surface area contributed by atoms with Crippen LogP contribution in [0.5, 0.6) is 0 Å². The molecule has 0 radical (unpaired) electrons. The topological polar surface area (TPSA) is 48.4 Å². The summed E-state index contributed by atoms with van der Waals surface area (Å²) in [7, 11) is 0. The quantitative estimate of drug-likeness (QED) is 0.140. The molecule has 5 nitrogen and oxygen atoms in total. The zero-order valence-electron chi connectivity index (χ0n) is 27.4. The molecule has 0 aliphatic heterocycles. The Morgan fingerprint density at radius 1 is 0.353 bits per heavy atom. The first kappa shape index (κ1) is 29.0. The molecule has 0 bridgehead atoms. The molecule has 51 heavy (non-hydrogen) atoms. The Balaban J connectivity index is 1.17. The van der Waals surface area contributed by atoms with Gasteiger partial charge >= 0.3 is 5.69 Å². The van der Waals surface area contributed by atoms with E-state index in [1.54, 1.807) is 10.6 Å². The van der Waals surface area contributed by atoms with E-state index in [2.05, 4.69) is 83.4 Å². The minimum atomic E-state index is -0.403. The summed E-state index contributed by atoms with van der Waals surface area (Å²) in [5.74, 6) is 0. The van der Waals surface area contributed by atoms with Crippen LogP contribution in [0.2, 0.25) is 0 Å². The van der Waals surface area contributed by atoms with Gasteiger partial charge in [0, 0.05) is 32.8 Å². The van der Waals surface area contributed by atoms with Gasteiger partial charge in [-0.05, 0) is 76.7 Å². The van der Waals surface area contributed by atoms with E-state index in [-0.39, 0.29) is 5.56 Å². The zero-order chi connectivity index (χ0) is 34.1. The van der Waals surface area contributed by atoms with E-state index in [1.165, 1.54) is 15.2 Å². The van der Waals surface area contributed by atoms with E-state index >= 15 is 0 Å². The summed E-state index contributed by atoms with van der Waals surface area (Å²) >= 11 is 0. The Labute approximate surface area is 292 Å². The molecular weight excluding hydrogens is 627 g/mol. The molecule has 240 valence electrons. The molecular formula is C46H29N3O2. The molecule has 0 unspecified atom stereocenters. The lowest BCUT2D eigenvalue weighted by atomic mass is 9.96. The van der Waals surface area contributed by atoms with Crippen LogP contribution < -0.4 is 11.2 Å². The first-order chi connectivity index (χ1) is 25.2. The van der Waals surface area contributed by atoms with E-state index in [1.807, 2.05) is 91.0 Å². The fourth-order valence-electron chi connectivity index (χ4n) is 7.82. The van der Waals surface area contributed by atoms with E-state index in [9.17, 15) is 9.59 Å². The van der Waals surface area contributed by atoms with Gasteiger partial charge in [0.25, 0.3) is 5.56 Å². The molecule has 10 rings (SSSR count). The summed E-state index contributed by atoms with van der Waals surface area (Å²) in [4.78, 5) is 28.9. The Kier molecular flexibility index (Phi) is 6.42. The lowest BCUT2D eigenvalue weighted by Crippen LogP contribution is -2.34. The number of aromatic nitrogens is 3. The van der Waals surface area contributed by atoms with Gasteiger partial charge in [0.05, 0.1) is 27.8 Å². The lowest BCUT2D eigenvalue weighted by molar-refractivity contribution is 0.897. The van der Waals surface area contributed by atoms with Crippen molar-refractivity contribution in [1.82, 2.24) is 13.5 Å². The lowest BCUT2D eigenvalue weighted by Gasteiger charge is -2.18. The second kappa shape index (κ2) is 11.3. The average molecular weight is 656 g/mol. The third kappa shape index (κ3) is 4.35. The number of benzene rings is 7. The molecule has 0 saturated heterocycles. The smallest absolute Gasteiger partial charge is 0.309 e. The van der Waals surface area contributed by atoms with Gasteiger partial charge in [-0.25, -0.2) is 9.20 Å². The van der Waals surface area contributed by atoms with Crippen LogP contribution in [-0.2, 0) is 0 Å². The van der Waals surface area contributed by atoms with Crippen molar-refractivity contribution in [2.45, 2.75) is 0 Å². The van der Waals surface area contributed by atoms with Gasteiger partial charge in [-0.1, -0.05) is 121 Å². The van der Waals surface area contributed by atoms with Crippen LogP contribution in [0, 0.1) is 0 Å². The van der Waals surface area contributed by atoms with Crippen molar-refractivity contribution in [2.24, 2.45) is 0 Å². The molecule has 3 aromatic heterocycles. The third-order valence-corrected chi connectivity index (χ3v) is 10.1. The van der Waals surface area contributed by atoms with Gasteiger partial charge in [-0.2, -0.15) is 0 Å². The van der Waals surface area contributed by atoms with E-state index in [0.29, 0.717) is 16.6 Å². The minimum Gasteiger partial charge on any atom is -0.309 e. The maximum Gasteiger partial charge on any atom is 0.340 e. The summed E-state index contributed by atoms with van der Waals surface area (Å²) in [6.07, 6.45) is 0. The van der Waals surface area contributed by atoms with Gasteiger partial charge in [0.1, 0.15) is 0 Å². The molecule has 0 aliphatic rings. The van der Waals surface area contributed by atoms with E-state index in [4.69, 9.17) is 0 Å². The highest BCUT2D eigenvalue weighted by Gasteiger charge is 2.21. The Hall–Kier alpha value is -6.98. The van der Waals surface area contributed by atoms with Crippen LogP contribution in [-0.4, -0.2) is 13.5 Å². The molecule has 5 heteroatoms. The fourth-order valence-corrected chi connectivity index (χ4v) is 7.82. The number of hydrogen-bond acceptors (Lipinski definition) is 2. The monoisotopic (exact) mass is 655 g/mol. The summed E-state index contributed by atoms with van der Waals surface area (Å²) in [5, 5.41) is 4.52. The van der Waals surface area contributed by atoms with Crippen molar-refractivity contribution in [2.75, 3.05) is 0 Å². The molecule has 0 spiro atoms. The first-order valence-electron chi connectivity index (χ1n) is 17.0. The van der Waals surface area contributed by atoms with Gasteiger partial charge in [-0.15, -0.1) is 0 Å². The first-order valence-corrected chi connectivity index (χ1v) is 17.0.